The molecule has 0 aliphatic heterocycles. The van der Waals surface area contributed by atoms with Gasteiger partial charge in [0.1, 0.15) is 0 Å². The summed E-state index contributed by atoms with van der Waals surface area (Å²) in [5, 5.41) is 2.80. The van der Waals surface area contributed by atoms with Crippen LogP contribution in [0.1, 0.15) is 25.0 Å². The molecule has 0 saturated heterocycles. The molecule has 5 nitrogen and oxygen atoms in total. The van der Waals surface area contributed by atoms with Gasteiger partial charge in [0.25, 0.3) is 0 Å². The maximum atomic E-state index is 12.6. The molecule has 0 fully saturated rings. The van der Waals surface area contributed by atoms with Crippen molar-refractivity contribution in [3.8, 4) is 0 Å². The molecule has 2 aromatic carbocycles. The quantitative estimate of drug-likeness (QED) is 0.703. The Labute approximate surface area is 159 Å². The largest absolute Gasteiger partial charge is 0.325 e. The minimum Gasteiger partial charge on any atom is -0.325 e. The first-order valence-electron chi connectivity index (χ1n) is 8.27. The fraction of sp³-hybridized carbons (Fsp3) is 0.316. The van der Waals surface area contributed by atoms with Crippen LogP contribution in [-0.2, 0) is 21.4 Å². The summed E-state index contributed by atoms with van der Waals surface area (Å²) >= 11 is 1.45. The van der Waals surface area contributed by atoms with Crippen molar-refractivity contribution in [1.29, 1.82) is 0 Å². The fourth-order valence-electron chi connectivity index (χ4n) is 2.31. The van der Waals surface area contributed by atoms with E-state index in [-0.39, 0.29) is 23.3 Å². The van der Waals surface area contributed by atoms with Crippen LogP contribution in [0, 0.1) is 12.8 Å². The van der Waals surface area contributed by atoms with E-state index in [0.717, 1.165) is 16.0 Å². The number of rotatable bonds is 7. The predicted octanol–water partition coefficient (Wildman–Crippen LogP) is 3.79. The van der Waals surface area contributed by atoms with Gasteiger partial charge >= 0.3 is 0 Å². The summed E-state index contributed by atoms with van der Waals surface area (Å²) in [6.07, 6.45) is 1.88. The van der Waals surface area contributed by atoms with Gasteiger partial charge in [-0.25, -0.2) is 13.1 Å². The van der Waals surface area contributed by atoms with Crippen LogP contribution in [0.15, 0.2) is 52.3 Å². The number of aryl methyl sites for hydroxylation is 1. The van der Waals surface area contributed by atoms with E-state index in [1.807, 2.05) is 37.4 Å². The van der Waals surface area contributed by atoms with Gasteiger partial charge in [-0.2, -0.15) is 0 Å². The maximum absolute atomic E-state index is 12.6. The van der Waals surface area contributed by atoms with Crippen molar-refractivity contribution >= 4 is 33.4 Å². The summed E-state index contributed by atoms with van der Waals surface area (Å²) < 4.78 is 27.9. The molecule has 2 rings (SSSR count). The molecule has 0 radical (unpaired) electrons. The van der Waals surface area contributed by atoms with Crippen LogP contribution in [0.4, 0.5) is 5.69 Å². The van der Waals surface area contributed by atoms with Crippen LogP contribution in [0.5, 0.6) is 0 Å². The molecule has 7 heteroatoms. The molecule has 0 bridgehead atoms. The molecule has 0 aliphatic rings. The monoisotopic (exact) mass is 392 g/mol. The Morgan fingerprint density at radius 3 is 2.50 bits per heavy atom. The van der Waals surface area contributed by atoms with Gasteiger partial charge < -0.3 is 5.32 Å². The van der Waals surface area contributed by atoms with E-state index in [0.29, 0.717) is 5.69 Å². The second kappa shape index (κ2) is 8.70. The van der Waals surface area contributed by atoms with Crippen LogP contribution in [-0.4, -0.2) is 20.6 Å². The molecule has 0 atom stereocenters. The Kier molecular flexibility index (Phi) is 6.86. The third kappa shape index (κ3) is 5.33. The SMILES string of the molecule is CSc1ccc(S(=O)(=O)NCc2cccc(C)c2)cc1NC(=O)C(C)C. The van der Waals surface area contributed by atoms with E-state index >= 15 is 0 Å². The number of benzene rings is 2. The zero-order valence-electron chi connectivity index (χ0n) is 15.4. The highest BCUT2D eigenvalue weighted by molar-refractivity contribution is 7.98. The first-order valence-corrected chi connectivity index (χ1v) is 11.0. The second-order valence-electron chi connectivity index (χ2n) is 6.32. The van der Waals surface area contributed by atoms with Crippen LogP contribution in [0.3, 0.4) is 0 Å². The second-order valence-corrected chi connectivity index (χ2v) is 8.93. The number of amides is 1. The topological polar surface area (TPSA) is 75.3 Å². The Bertz CT molecular complexity index is 893. The smallest absolute Gasteiger partial charge is 0.240 e. The van der Waals surface area contributed by atoms with E-state index in [1.54, 1.807) is 26.0 Å². The zero-order chi connectivity index (χ0) is 19.3. The summed E-state index contributed by atoms with van der Waals surface area (Å²) in [6.45, 7) is 5.75. The van der Waals surface area contributed by atoms with Crippen LogP contribution in [0.2, 0.25) is 0 Å². The third-order valence-electron chi connectivity index (χ3n) is 3.81. The van der Waals surface area contributed by atoms with Gasteiger partial charge in [0.05, 0.1) is 10.6 Å². The number of sulfonamides is 1. The molecule has 0 aromatic heterocycles. The fourth-order valence-corrected chi connectivity index (χ4v) is 3.89. The lowest BCUT2D eigenvalue weighted by molar-refractivity contribution is -0.118. The molecule has 26 heavy (non-hydrogen) atoms. The third-order valence-corrected chi connectivity index (χ3v) is 6.01. The number of hydrogen-bond acceptors (Lipinski definition) is 4. The van der Waals surface area contributed by atoms with Crippen molar-refractivity contribution in [3.05, 3.63) is 53.6 Å². The Hall–Kier alpha value is -1.83. The Morgan fingerprint density at radius 2 is 1.88 bits per heavy atom. The van der Waals surface area contributed by atoms with Crippen LogP contribution >= 0.6 is 11.8 Å². The van der Waals surface area contributed by atoms with Gasteiger partial charge in [-0.3, -0.25) is 4.79 Å². The Morgan fingerprint density at radius 1 is 1.15 bits per heavy atom. The van der Waals surface area contributed by atoms with Gasteiger partial charge in [-0.05, 0) is 36.9 Å². The van der Waals surface area contributed by atoms with Crippen LogP contribution < -0.4 is 10.0 Å². The number of anilines is 1. The molecule has 0 saturated carbocycles. The molecule has 0 unspecified atom stereocenters. The Balaban J connectivity index is 2.24. The van der Waals surface area contributed by atoms with E-state index in [2.05, 4.69) is 10.0 Å². The normalized spacial score (nSPS) is 11.6. The molecule has 2 N–H and O–H groups in total. The highest BCUT2D eigenvalue weighted by atomic mass is 32.2. The molecule has 140 valence electrons. The van der Waals surface area contributed by atoms with E-state index < -0.39 is 10.0 Å². The van der Waals surface area contributed by atoms with Gasteiger partial charge in [-0.15, -0.1) is 11.8 Å². The van der Waals surface area contributed by atoms with E-state index in [4.69, 9.17) is 0 Å². The molecule has 0 aliphatic carbocycles. The highest BCUT2D eigenvalue weighted by Crippen LogP contribution is 2.28. The molecule has 2 aromatic rings. The van der Waals surface area contributed by atoms with Crippen molar-refractivity contribution in [2.75, 3.05) is 11.6 Å². The predicted molar refractivity (Wildman–Crippen MR) is 107 cm³/mol. The number of carbonyl (C=O) groups is 1. The first kappa shape index (κ1) is 20.5. The molecular weight excluding hydrogens is 368 g/mol. The lowest BCUT2D eigenvalue weighted by Gasteiger charge is -2.14. The van der Waals surface area contributed by atoms with Gasteiger partial charge in [-0.1, -0.05) is 43.7 Å². The van der Waals surface area contributed by atoms with Crippen molar-refractivity contribution in [3.63, 3.8) is 0 Å². The number of thioether (sulfide) groups is 1. The minimum atomic E-state index is -3.69. The van der Waals surface area contributed by atoms with Crippen molar-refractivity contribution in [2.24, 2.45) is 5.92 Å². The zero-order valence-corrected chi connectivity index (χ0v) is 17.0. The standard InChI is InChI=1S/C19H24N2O3S2/c1-13(2)19(22)21-17-11-16(8-9-18(17)25-4)26(23,24)20-12-15-7-5-6-14(3)10-15/h5-11,13,20H,12H2,1-4H3,(H,21,22). The molecule has 1 amide bonds. The number of hydrogen-bond donors (Lipinski definition) is 2. The number of nitrogens with one attached hydrogen (secondary N) is 2. The summed E-state index contributed by atoms with van der Waals surface area (Å²) in [5.74, 6) is -0.341. The van der Waals surface area contributed by atoms with E-state index in [9.17, 15) is 13.2 Å². The molecule has 0 heterocycles. The number of carbonyl (C=O) groups excluding carboxylic acids is 1. The average Bonchev–Trinajstić information content (AvgIpc) is 2.60. The van der Waals surface area contributed by atoms with Gasteiger partial charge in [0.2, 0.25) is 15.9 Å². The molecule has 0 spiro atoms. The highest BCUT2D eigenvalue weighted by Gasteiger charge is 2.17. The van der Waals surface area contributed by atoms with Crippen molar-refractivity contribution < 1.29 is 13.2 Å². The summed E-state index contributed by atoms with van der Waals surface area (Å²) in [6, 6.07) is 12.4. The summed E-state index contributed by atoms with van der Waals surface area (Å²) in [5.41, 5.74) is 2.47. The van der Waals surface area contributed by atoms with Crippen LogP contribution in [0.25, 0.3) is 0 Å². The van der Waals surface area contributed by atoms with Gasteiger partial charge in [0.15, 0.2) is 0 Å². The van der Waals surface area contributed by atoms with E-state index in [1.165, 1.54) is 17.8 Å². The molecular formula is C19H24N2O3S2. The first-order chi connectivity index (χ1) is 12.2. The van der Waals surface area contributed by atoms with Crippen molar-refractivity contribution in [1.82, 2.24) is 4.72 Å². The summed E-state index contributed by atoms with van der Waals surface area (Å²) in [7, 11) is -3.69. The summed E-state index contributed by atoms with van der Waals surface area (Å²) in [4.78, 5) is 12.9. The average molecular weight is 393 g/mol. The minimum absolute atomic E-state index is 0.127. The lowest BCUT2D eigenvalue weighted by atomic mass is 10.1. The van der Waals surface area contributed by atoms with Crippen molar-refractivity contribution in [2.45, 2.75) is 37.1 Å². The maximum Gasteiger partial charge on any atom is 0.240 e. The van der Waals surface area contributed by atoms with Gasteiger partial charge in [0, 0.05) is 17.4 Å². The lowest BCUT2D eigenvalue weighted by Crippen LogP contribution is -2.24.